The topological polar surface area (TPSA) is 46.1 Å². The van der Waals surface area contributed by atoms with Crippen LogP contribution in [0.5, 0.6) is 0 Å². The Balaban J connectivity index is 1.97. The number of hydrogen-bond acceptors (Lipinski definition) is 3. The molecular weight excluding hydrogens is 322 g/mol. The molecule has 4 nitrogen and oxygen atoms in total. The van der Waals surface area contributed by atoms with Gasteiger partial charge in [-0.05, 0) is 34.1 Å². The van der Waals surface area contributed by atoms with Gasteiger partial charge in [0.2, 0.25) is 0 Å². The van der Waals surface area contributed by atoms with Crippen molar-refractivity contribution in [2.24, 2.45) is 0 Å². The minimum absolute atomic E-state index is 0.00136. The lowest BCUT2D eigenvalue weighted by atomic mass is 9.79. The number of amides is 1. The van der Waals surface area contributed by atoms with Crippen molar-refractivity contribution in [3.05, 3.63) is 58.7 Å². The molecule has 1 aromatic carbocycles. The zero-order chi connectivity index (χ0) is 19.1. The minimum Gasteiger partial charge on any atom is -0.334 e. The fourth-order valence-corrected chi connectivity index (χ4v) is 3.24. The smallest absolute Gasteiger partial charge is 0.254 e. The summed E-state index contributed by atoms with van der Waals surface area (Å²) in [5.41, 5.74) is 5.29. The van der Waals surface area contributed by atoms with Crippen LogP contribution in [0.25, 0.3) is 0 Å². The van der Waals surface area contributed by atoms with Gasteiger partial charge in [-0.2, -0.15) is 0 Å². The highest BCUT2D eigenvalue weighted by Crippen LogP contribution is 2.31. The summed E-state index contributed by atoms with van der Waals surface area (Å²) >= 11 is 0. The summed E-state index contributed by atoms with van der Waals surface area (Å²) in [6, 6.07) is 6.37. The fourth-order valence-electron chi connectivity index (χ4n) is 3.24. The van der Waals surface area contributed by atoms with E-state index in [9.17, 15) is 4.79 Å². The van der Waals surface area contributed by atoms with Gasteiger partial charge >= 0.3 is 0 Å². The number of benzene rings is 1. The first-order valence-corrected chi connectivity index (χ1v) is 9.29. The quantitative estimate of drug-likeness (QED) is 0.771. The van der Waals surface area contributed by atoms with Crippen molar-refractivity contribution >= 4 is 5.91 Å². The number of carbonyl (C=O) groups is 1. The van der Waals surface area contributed by atoms with Crippen LogP contribution in [0.15, 0.2) is 30.7 Å². The van der Waals surface area contributed by atoms with Crippen molar-refractivity contribution in [1.82, 2.24) is 14.9 Å². The van der Waals surface area contributed by atoms with E-state index in [0.29, 0.717) is 13.1 Å². The van der Waals surface area contributed by atoms with Gasteiger partial charge < -0.3 is 4.90 Å². The molecule has 1 aromatic heterocycles. The fraction of sp³-hybridized carbons (Fsp3) is 0.500. The van der Waals surface area contributed by atoms with Gasteiger partial charge in [0.05, 0.1) is 5.69 Å². The first-order valence-electron chi connectivity index (χ1n) is 9.29. The molecule has 26 heavy (non-hydrogen) atoms. The van der Waals surface area contributed by atoms with Gasteiger partial charge in [0.15, 0.2) is 0 Å². The van der Waals surface area contributed by atoms with E-state index in [2.05, 4.69) is 69.7 Å². The lowest BCUT2D eigenvalue weighted by Gasteiger charge is -2.30. The Hall–Kier alpha value is -2.23. The SMILES string of the molecule is CC(C)(C)c1cc(C(=O)N2CCc3ncncc3C2)cc(C(C)(C)C)c1. The zero-order valence-electron chi connectivity index (χ0n) is 16.8. The highest BCUT2D eigenvalue weighted by molar-refractivity contribution is 5.95. The molecule has 0 saturated heterocycles. The Bertz CT molecular complexity index is 796. The Kier molecular flexibility index (Phi) is 4.63. The highest BCUT2D eigenvalue weighted by atomic mass is 16.2. The van der Waals surface area contributed by atoms with Crippen molar-refractivity contribution in [1.29, 1.82) is 0 Å². The maximum Gasteiger partial charge on any atom is 0.254 e. The lowest BCUT2D eigenvalue weighted by Crippen LogP contribution is -2.36. The molecule has 3 rings (SSSR count). The van der Waals surface area contributed by atoms with E-state index in [-0.39, 0.29) is 16.7 Å². The van der Waals surface area contributed by atoms with E-state index in [1.165, 1.54) is 11.1 Å². The summed E-state index contributed by atoms with van der Waals surface area (Å²) in [5.74, 6) is 0.0936. The summed E-state index contributed by atoms with van der Waals surface area (Å²) in [6.45, 7) is 14.4. The molecule has 0 radical (unpaired) electrons. The zero-order valence-corrected chi connectivity index (χ0v) is 16.8. The Morgan fingerprint density at radius 2 is 1.62 bits per heavy atom. The van der Waals surface area contributed by atoms with Crippen LogP contribution in [0, 0.1) is 0 Å². The Labute approximate surface area is 156 Å². The Morgan fingerprint density at radius 1 is 1.00 bits per heavy atom. The average Bonchev–Trinajstić information content (AvgIpc) is 2.58. The second-order valence-electron chi connectivity index (χ2n) is 9.27. The van der Waals surface area contributed by atoms with Crippen LogP contribution >= 0.6 is 0 Å². The predicted molar refractivity (Wildman–Crippen MR) is 104 cm³/mol. The van der Waals surface area contributed by atoms with Crippen LogP contribution < -0.4 is 0 Å². The van der Waals surface area contributed by atoms with E-state index in [4.69, 9.17) is 0 Å². The summed E-state index contributed by atoms with van der Waals surface area (Å²) < 4.78 is 0. The molecule has 0 aliphatic carbocycles. The third-order valence-corrected chi connectivity index (χ3v) is 5.06. The molecule has 1 aliphatic rings. The van der Waals surface area contributed by atoms with E-state index >= 15 is 0 Å². The summed E-state index contributed by atoms with van der Waals surface area (Å²) in [5, 5.41) is 0. The number of aromatic nitrogens is 2. The summed E-state index contributed by atoms with van der Waals surface area (Å²) in [6.07, 6.45) is 4.20. The molecule has 0 fully saturated rings. The molecule has 0 unspecified atom stereocenters. The van der Waals surface area contributed by atoms with Gasteiger partial charge in [0.25, 0.3) is 5.91 Å². The predicted octanol–water partition coefficient (Wildman–Crippen LogP) is 4.27. The van der Waals surface area contributed by atoms with Crippen molar-refractivity contribution < 1.29 is 4.79 Å². The third-order valence-electron chi connectivity index (χ3n) is 5.06. The van der Waals surface area contributed by atoms with Crippen LogP contribution in [-0.2, 0) is 23.8 Å². The van der Waals surface area contributed by atoms with E-state index in [1.54, 1.807) is 6.33 Å². The highest BCUT2D eigenvalue weighted by Gasteiger charge is 2.26. The van der Waals surface area contributed by atoms with Gasteiger partial charge in [0, 0.05) is 36.8 Å². The van der Waals surface area contributed by atoms with Gasteiger partial charge in [-0.1, -0.05) is 47.6 Å². The van der Waals surface area contributed by atoms with Crippen molar-refractivity contribution in [3.63, 3.8) is 0 Å². The maximum absolute atomic E-state index is 13.3. The minimum atomic E-state index is -0.00136. The van der Waals surface area contributed by atoms with Gasteiger partial charge in [0.1, 0.15) is 6.33 Å². The van der Waals surface area contributed by atoms with Crippen LogP contribution in [0.4, 0.5) is 0 Å². The van der Waals surface area contributed by atoms with Crippen molar-refractivity contribution in [3.8, 4) is 0 Å². The molecule has 4 heteroatoms. The molecule has 0 bridgehead atoms. The molecule has 1 amide bonds. The molecule has 1 aliphatic heterocycles. The van der Waals surface area contributed by atoms with Crippen molar-refractivity contribution in [2.75, 3.05) is 6.54 Å². The number of fused-ring (bicyclic) bond motifs is 1. The van der Waals surface area contributed by atoms with E-state index in [1.807, 2.05) is 11.1 Å². The first-order chi connectivity index (χ1) is 12.1. The first kappa shape index (κ1) is 18.6. The Morgan fingerprint density at radius 3 is 2.19 bits per heavy atom. The van der Waals surface area contributed by atoms with E-state index < -0.39 is 0 Å². The van der Waals surface area contributed by atoms with Crippen LogP contribution in [0.2, 0.25) is 0 Å². The molecular formula is C22H29N3O. The number of nitrogens with zero attached hydrogens (tertiary/aromatic N) is 3. The average molecular weight is 351 g/mol. The number of rotatable bonds is 1. The molecule has 0 saturated carbocycles. The van der Waals surface area contributed by atoms with E-state index in [0.717, 1.165) is 23.2 Å². The third kappa shape index (κ3) is 3.79. The maximum atomic E-state index is 13.3. The van der Waals surface area contributed by atoms with Gasteiger partial charge in [-0.25, -0.2) is 9.97 Å². The van der Waals surface area contributed by atoms with Crippen LogP contribution in [0.1, 0.15) is 74.3 Å². The molecule has 0 atom stereocenters. The standard InChI is InChI=1S/C22H29N3O/c1-21(2,3)17-9-15(10-18(11-17)22(4,5)6)20(26)25-8-7-19-16(13-25)12-23-14-24-19/h9-12,14H,7-8,13H2,1-6H3. The second-order valence-corrected chi connectivity index (χ2v) is 9.27. The van der Waals surface area contributed by atoms with Gasteiger partial charge in [-0.3, -0.25) is 4.79 Å². The summed E-state index contributed by atoms with van der Waals surface area (Å²) in [4.78, 5) is 23.6. The lowest BCUT2D eigenvalue weighted by molar-refractivity contribution is 0.0733. The van der Waals surface area contributed by atoms with Crippen LogP contribution in [0.3, 0.4) is 0 Å². The molecule has 0 N–H and O–H groups in total. The second kappa shape index (κ2) is 6.49. The molecule has 138 valence electrons. The molecule has 2 heterocycles. The monoisotopic (exact) mass is 351 g/mol. The van der Waals surface area contributed by atoms with Gasteiger partial charge in [-0.15, -0.1) is 0 Å². The normalized spacial score (nSPS) is 14.9. The van der Waals surface area contributed by atoms with Crippen LogP contribution in [-0.4, -0.2) is 27.3 Å². The number of carbonyl (C=O) groups excluding carboxylic acids is 1. The van der Waals surface area contributed by atoms with Crippen molar-refractivity contribution in [2.45, 2.75) is 65.3 Å². The molecule has 0 spiro atoms. The molecule has 2 aromatic rings. The number of hydrogen-bond donors (Lipinski definition) is 0. The summed E-state index contributed by atoms with van der Waals surface area (Å²) in [7, 11) is 0. The largest absolute Gasteiger partial charge is 0.334 e.